The molecule has 0 saturated heterocycles. The highest BCUT2D eigenvalue weighted by molar-refractivity contribution is 7.98. The van der Waals surface area contributed by atoms with Gasteiger partial charge in [0.2, 0.25) is 5.91 Å². The van der Waals surface area contributed by atoms with E-state index in [0.29, 0.717) is 11.4 Å². The third-order valence-corrected chi connectivity index (χ3v) is 3.68. The lowest BCUT2D eigenvalue weighted by Gasteiger charge is -2.08. The topological polar surface area (TPSA) is 67.4 Å². The van der Waals surface area contributed by atoms with E-state index in [1.165, 1.54) is 0 Å². The van der Waals surface area contributed by atoms with Crippen LogP contribution in [-0.2, 0) is 9.59 Å². The predicted molar refractivity (Wildman–Crippen MR) is 91.8 cm³/mol. The van der Waals surface area contributed by atoms with Crippen molar-refractivity contribution in [3.05, 3.63) is 54.6 Å². The normalized spacial score (nSPS) is 9.96. The molecule has 0 atom stereocenters. The molecule has 0 aromatic heterocycles. The van der Waals surface area contributed by atoms with E-state index in [2.05, 4.69) is 10.6 Å². The Morgan fingerprint density at radius 2 is 1.70 bits per heavy atom. The van der Waals surface area contributed by atoms with Crippen LogP contribution in [0.5, 0.6) is 5.75 Å². The number of hydrogen-bond acceptors (Lipinski definition) is 4. The van der Waals surface area contributed by atoms with Gasteiger partial charge in [-0.05, 0) is 42.7 Å². The molecule has 120 valence electrons. The number of thioether (sulfide) groups is 1. The van der Waals surface area contributed by atoms with Crippen molar-refractivity contribution in [3.63, 3.8) is 0 Å². The molecule has 0 unspecified atom stereocenters. The van der Waals surface area contributed by atoms with Crippen LogP contribution in [0.3, 0.4) is 0 Å². The van der Waals surface area contributed by atoms with Gasteiger partial charge in [0.15, 0.2) is 6.61 Å². The van der Waals surface area contributed by atoms with Gasteiger partial charge in [-0.25, -0.2) is 0 Å². The Labute approximate surface area is 139 Å². The van der Waals surface area contributed by atoms with Crippen molar-refractivity contribution < 1.29 is 14.3 Å². The third-order valence-electron chi connectivity index (χ3n) is 2.93. The van der Waals surface area contributed by atoms with Crippen LogP contribution in [0.15, 0.2) is 59.5 Å². The molecule has 2 amide bonds. The van der Waals surface area contributed by atoms with Crippen LogP contribution in [0.4, 0.5) is 5.69 Å². The molecule has 0 radical (unpaired) electrons. The van der Waals surface area contributed by atoms with Crippen molar-refractivity contribution in [2.24, 2.45) is 0 Å². The van der Waals surface area contributed by atoms with Crippen LogP contribution in [0.1, 0.15) is 0 Å². The second kappa shape index (κ2) is 8.85. The zero-order chi connectivity index (χ0) is 16.5. The van der Waals surface area contributed by atoms with Crippen molar-refractivity contribution in [1.82, 2.24) is 5.32 Å². The standard InChI is InChI=1S/C17H18N2O3S/c1-23-15-9-7-13(8-10-15)19-16(20)11-18-17(21)12-22-14-5-3-2-4-6-14/h2-10H,11-12H2,1H3,(H,18,21)(H,19,20). The van der Waals surface area contributed by atoms with Crippen molar-refractivity contribution in [3.8, 4) is 5.75 Å². The molecule has 2 rings (SSSR count). The molecular formula is C17H18N2O3S. The molecular weight excluding hydrogens is 312 g/mol. The van der Waals surface area contributed by atoms with E-state index >= 15 is 0 Å². The summed E-state index contributed by atoms with van der Waals surface area (Å²) in [6.45, 7) is -0.221. The number of rotatable bonds is 7. The SMILES string of the molecule is CSc1ccc(NC(=O)CNC(=O)COc2ccccc2)cc1. The summed E-state index contributed by atoms with van der Waals surface area (Å²) >= 11 is 1.63. The molecule has 0 aliphatic rings. The monoisotopic (exact) mass is 330 g/mol. The minimum atomic E-state index is -0.346. The number of anilines is 1. The number of amides is 2. The fourth-order valence-corrected chi connectivity index (χ4v) is 2.18. The van der Waals surface area contributed by atoms with Gasteiger partial charge in [-0.1, -0.05) is 18.2 Å². The summed E-state index contributed by atoms with van der Waals surface area (Å²) in [5.41, 5.74) is 0.697. The number of carbonyl (C=O) groups is 2. The van der Waals surface area contributed by atoms with Crippen LogP contribution >= 0.6 is 11.8 Å². The number of nitrogens with one attached hydrogen (secondary N) is 2. The van der Waals surface area contributed by atoms with E-state index in [9.17, 15) is 9.59 Å². The molecule has 0 fully saturated rings. The van der Waals surface area contributed by atoms with Crippen LogP contribution in [-0.4, -0.2) is 31.2 Å². The van der Waals surface area contributed by atoms with Gasteiger partial charge in [0, 0.05) is 10.6 Å². The molecule has 0 spiro atoms. The van der Waals surface area contributed by atoms with Gasteiger partial charge < -0.3 is 15.4 Å². The number of para-hydroxylation sites is 1. The summed E-state index contributed by atoms with van der Waals surface area (Å²) in [7, 11) is 0. The summed E-state index contributed by atoms with van der Waals surface area (Å²) in [5, 5.41) is 5.23. The first-order valence-corrected chi connectivity index (χ1v) is 8.28. The summed E-state index contributed by atoms with van der Waals surface area (Å²) in [4.78, 5) is 24.5. The Hall–Kier alpha value is -2.47. The first-order valence-electron chi connectivity index (χ1n) is 7.06. The fraction of sp³-hybridized carbons (Fsp3) is 0.176. The average molecular weight is 330 g/mol. The summed E-state index contributed by atoms with van der Waals surface area (Å²) in [6, 6.07) is 16.5. The van der Waals surface area contributed by atoms with Gasteiger partial charge in [-0.15, -0.1) is 11.8 Å². The molecule has 2 N–H and O–H groups in total. The number of ether oxygens (including phenoxy) is 1. The smallest absolute Gasteiger partial charge is 0.258 e. The summed E-state index contributed by atoms with van der Waals surface area (Å²) in [5.74, 6) is -0.0160. The van der Waals surface area contributed by atoms with Crippen LogP contribution in [0.2, 0.25) is 0 Å². The Morgan fingerprint density at radius 1 is 1.00 bits per heavy atom. The molecule has 0 aliphatic heterocycles. The van der Waals surface area contributed by atoms with E-state index in [1.807, 2.05) is 48.7 Å². The zero-order valence-electron chi connectivity index (χ0n) is 12.7. The number of hydrogen-bond donors (Lipinski definition) is 2. The molecule has 23 heavy (non-hydrogen) atoms. The van der Waals surface area contributed by atoms with Crippen LogP contribution < -0.4 is 15.4 Å². The van der Waals surface area contributed by atoms with E-state index < -0.39 is 0 Å². The molecule has 0 saturated carbocycles. The highest BCUT2D eigenvalue weighted by atomic mass is 32.2. The maximum absolute atomic E-state index is 11.8. The maximum Gasteiger partial charge on any atom is 0.258 e. The fourth-order valence-electron chi connectivity index (χ4n) is 1.78. The Kier molecular flexibility index (Phi) is 6.50. The van der Waals surface area contributed by atoms with Crippen molar-refractivity contribution >= 4 is 29.3 Å². The molecule has 2 aromatic carbocycles. The van der Waals surface area contributed by atoms with Crippen molar-refractivity contribution in [2.75, 3.05) is 24.7 Å². The Morgan fingerprint density at radius 3 is 2.35 bits per heavy atom. The van der Waals surface area contributed by atoms with Crippen LogP contribution in [0.25, 0.3) is 0 Å². The lowest BCUT2D eigenvalue weighted by Crippen LogP contribution is -2.35. The Bertz CT molecular complexity index is 645. The average Bonchev–Trinajstić information content (AvgIpc) is 2.60. The zero-order valence-corrected chi connectivity index (χ0v) is 13.6. The van der Waals surface area contributed by atoms with Crippen LogP contribution in [0, 0.1) is 0 Å². The minimum Gasteiger partial charge on any atom is -0.484 e. The predicted octanol–water partition coefficient (Wildman–Crippen LogP) is 2.54. The quantitative estimate of drug-likeness (QED) is 0.766. The molecule has 0 bridgehead atoms. The highest BCUT2D eigenvalue weighted by Crippen LogP contribution is 2.17. The van der Waals surface area contributed by atoms with Gasteiger partial charge in [-0.2, -0.15) is 0 Å². The molecule has 0 heterocycles. The van der Waals surface area contributed by atoms with Crippen molar-refractivity contribution in [2.45, 2.75) is 4.90 Å². The largest absolute Gasteiger partial charge is 0.484 e. The Balaban J connectivity index is 1.69. The molecule has 0 aliphatic carbocycles. The first kappa shape index (κ1) is 16.9. The second-order valence-electron chi connectivity index (χ2n) is 4.66. The number of carbonyl (C=O) groups excluding carboxylic acids is 2. The maximum atomic E-state index is 11.8. The lowest BCUT2D eigenvalue weighted by atomic mass is 10.3. The van der Waals surface area contributed by atoms with Gasteiger partial charge >= 0.3 is 0 Å². The van der Waals surface area contributed by atoms with Gasteiger partial charge in [0.1, 0.15) is 5.75 Å². The van der Waals surface area contributed by atoms with Gasteiger partial charge in [-0.3, -0.25) is 9.59 Å². The second-order valence-corrected chi connectivity index (χ2v) is 5.53. The van der Waals surface area contributed by atoms with E-state index in [-0.39, 0.29) is 25.0 Å². The molecule has 2 aromatic rings. The molecule has 5 nitrogen and oxygen atoms in total. The van der Waals surface area contributed by atoms with Crippen molar-refractivity contribution in [1.29, 1.82) is 0 Å². The summed E-state index contributed by atoms with van der Waals surface area (Å²) in [6.07, 6.45) is 1.99. The van der Waals surface area contributed by atoms with E-state index in [1.54, 1.807) is 23.9 Å². The summed E-state index contributed by atoms with van der Waals surface area (Å²) < 4.78 is 5.30. The number of benzene rings is 2. The minimum absolute atomic E-state index is 0.0960. The lowest BCUT2D eigenvalue weighted by molar-refractivity contribution is -0.125. The third kappa shape index (κ3) is 6.04. The molecule has 6 heteroatoms. The van der Waals surface area contributed by atoms with E-state index in [4.69, 9.17) is 4.74 Å². The highest BCUT2D eigenvalue weighted by Gasteiger charge is 2.07. The van der Waals surface area contributed by atoms with E-state index in [0.717, 1.165) is 4.90 Å². The first-order chi connectivity index (χ1) is 11.2. The van der Waals surface area contributed by atoms with Gasteiger partial charge in [0.05, 0.1) is 6.54 Å². The van der Waals surface area contributed by atoms with Gasteiger partial charge in [0.25, 0.3) is 5.91 Å².